The Morgan fingerprint density at radius 2 is 1.87 bits per heavy atom. The number of aromatic nitrogens is 2. The molecule has 0 aliphatic rings. The van der Waals surface area contributed by atoms with Crippen LogP contribution in [0.5, 0.6) is 0 Å². The lowest BCUT2D eigenvalue weighted by Crippen LogP contribution is -2.23. The molecule has 1 aromatic carbocycles. The van der Waals surface area contributed by atoms with E-state index < -0.39 is 17.8 Å². The molecule has 2 N–H and O–H groups in total. The van der Waals surface area contributed by atoms with Gasteiger partial charge in [0.2, 0.25) is 5.91 Å². The number of hydrogen-bond donors (Lipinski definition) is 2. The van der Waals surface area contributed by atoms with E-state index in [-0.39, 0.29) is 46.8 Å². The highest BCUT2D eigenvalue weighted by molar-refractivity contribution is 7.99. The van der Waals surface area contributed by atoms with Crippen LogP contribution in [0.25, 0.3) is 11.5 Å². The molecule has 3 rings (SSSR count). The molecule has 0 unspecified atom stereocenters. The third-order valence-corrected chi connectivity index (χ3v) is 4.87. The van der Waals surface area contributed by atoms with Crippen molar-refractivity contribution >= 4 is 23.6 Å². The average molecular weight is 451 g/mol. The second kappa shape index (κ2) is 9.65. The van der Waals surface area contributed by atoms with Gasteiger partial charge in [0, 0.05) is 18.7 Å². The number of carboxylic acids is 1. The van der Waals surface area contributed by atoms with Gasteiger partial charge in [-0.05, 0) is 35.9 Å². The molecule has 0 atom stereocenters. The fourth-order valence-electron chi connectivity index (χ4n) is 2.47. The zero-order valence-corrected chi connectivity index (χ0v) is 16.7. The lowest BCUT2D eigenvalue weighted by atomic mass is 10.1. The molecule has 2 aromatic heterocycles. The molecule has 11 heteroatoms. The van der Waals surface area contributed by atoms with Crippen LogP contribution < -0.4 is 5.32 Å². The first-order chi connectivity index (χ1) is 14.7. The van der Waals surface area contributed by atoms with Crippen molar-refractivity contribution in [1.29, 1.82) is 0 Å². The standard InChI is InChI=1S/C20H16F3N3O4S/c21-20(22,23)16-10-14(15-2-1-8-30-15)25-19(26-16)31-9-7-17(27)24-11-12-3-5-13(6-4-12)18(28)29/h1-6,8,10H,7,9,11H2,(H,24,27)(H,28,29). The van der Waals surface area contributed by atoms with Crippen LogP contribution in [0.3, 0.4) is 0 Å². The Labute approximate surface area is 178 Å². The van der Waals surface area contributed by atoms with Gasteiger partial charge in [-0.15, -0.1) is 0 Å². The largest absolute Gasteiger partial charge is 0.478 e. The van der Waals surface area contributed by atoms with Crippen LogP contribution in [-0.4, -0.2) is 32.7 Å². The topological polar surface area (TPSA) is 105 Å². The molecule has 31 heavy (non-hydrogen) atoms. The molecule has 0 radical (unpaired) electrons. The maximum absolute atomic E-state index is 13.1. The number of aromatic carboxylic acids is 1. The minimum absolute atomic E-state index is 0.00378. The van der Waals surface area contributed by atoms with E-state index in [1.54, 1.807) is 12.1 Å². The fraction of sp³-hybridized carbons (Fsp3) is 0.200. The van der Waals surface area contributed by atoms with Crippen LogP contribution in [0.2, 0.25) is 0 Å². The van der Waals surface area contributed by atoms with Gasteiger partial charge in [-0.25, -0.2) is 14.8 Å². The Morgan fingerprint density at radius 3 is 2.48 bits per heavy atom. The molecule has 0 fully saturated rings. The van der Waals surface area contributed by atoms with Gasteiger partial charge in [-0.2, -0.15) is 13.2 Å². The molecule has 3 aromatic rings. The number of halogens is 3. The number of hydrogen-bond acceptors (Lipinski definition) is 6. The Morgan fingerprint density at radius 1 is 1.13 bits per heavy atom. The second-order valence-electron chi connectivity index (χ2n) is 6.27. The Bertz CT molecular complexity index is 1050. The van der Waals surface area contributed by atoms with Crippen molar-refractivity contribution in [1.82, 2.24) is 15.3 Å². The van der Waals surface area contributed by atoms with Gasteiger partial charge in [0.1, 0.15) is 11.4 Å². The monoisotopic (exact) mass is 451 g/mol. The summed E-state index contributed by atoms with van der Waals surface area (Å²) < 4.78 is 44.5. The van der Waals surface area contributed by atoms with Gasteiger partial charge in [0.15, 0.2) is 10.9 Å². The van der Waals surface area contributed by atoms with Crippen molar-refractivity contribution < 1.29 is 32.3 Å². The van der Waals surface area contributed by atoms with E-state index in [1.165, 1.54) is 30.5 Å². The molecule has 162 valence electrons. The molecule has 0 saturated carbocycles. The normalized spacial score (nSPS) is 11.3. The molecule has 0 bridgehead atoms. The first-order valence-electron chi connectivity index (χ1n) is 8.94. The van der Waals surface area contributed by atoms with Crippen LogP contribution in [0.15, 0.2) is 58.3 Å². The van der Waals surface area contributed by atoms with Crippen LogP contribution in [0.4, 0.5) is 13.2 Å². The Balaban J connectivity index is 1.56. The lowest BCUT2D eigenvalue weighted by molar-refractivity contribution is -0.141. The van der Waals surface area contributed by atoms with Crippen molar-refractivity contribution in [3.8, 4) is 11.5 Å². The van der Waals surface area contributed by atoms with E-state index >= 15 is 0 Å². The predicted octanol–water partition coefficient (Wildman–Crippen LogP) is 4.25. The summed E-state index contributed by atoms with van der Waals surface area (Å²) in [5, 5.41) is 11.4. The van der Waals surface area contributed by atoms with Gasteiger partial charge in [-0.3, -0.25) is 4.79 Å². The highest BCUT2D eigenvalue weighted by atomic mass is 32.2. The molecule has 1 amide bonds. The van der Waals surface area contributed by atoms with E-state index in [9.17, 15) is 22.8 Å². The minimum Gasteiger partial charge on any atom is -0.478 e. The Hall–Kier alpha value is -3.34. The number of rotatable bonds is 8. The van der Waals surface area contributed by atoms with Gasteiger partial charge in [-0.1, -0.05) is 23.9 Å². The minimum atomic E-state index is -4.65. The lowest BCUT2D eigenvalue weighted by Gasteiger charge is -2.09. The van der Waals surface area contributed by atoms with Gasteiger partial charge in [0.25, 0.3) is 0 Å². The SMILES string of the molecule is O=C(CCSc1nc(-c2ccco2)cc(C(F)(F)F)n1)NCc1ccc(C(=O)O)cc1. The summed E-state index contributed by atoms with van der Waals surface area (Å²) in [6.45, 7) is 0.200. The molecule has 0 saturated heterocycles. The zero-order chi connectivity index (χ0) is 22.4. The smallest absolute Gasteiger partial charge is 0.433 e. The average Bonchev–Trinajstić information content (AvgIpc) is 3.27. The summed E-state index contributed by atoms with van der Waals surface area (Å²) >= 11 is 0.927. The number of carbonyl (C=O) groups is 2. The number of amides is 1. The molecule has 2 heterocycles. The fourth-order valence-corrected chi connectivity index (χ4v) is 3.27. The van der Waals surface area contributed by atoms with E-state index in [2.05, 4.69) is 15.3 Å². The van der Waals surface area contributed by atoms with Crippen molar-refractivity contribution in [3.63, 3.8) is 0 Å². The summed E-state index contributed by atoms with van der Waals surface area (Å²) in [6, 6.07) is 9.88. The molecular formula is C20H16F3N3O4S. The zero-order valence-electron chi connectivity index (χ0n) is 15.8. The molecular weight excluding hydrogens is 435 g/mol. The van der Waals surface area contributed by atoms with Crippen LogP contribution in [0, 0.1) is 0 Å². The first-order valence-corrected chi connectivity index (χ1v) is 9.93. The summed E-state index contributed by atoms with van der Waals surface area (Å²) in [4.78, 5) is 30.4. The number of furan rings is 1. The number of carboxylic acid groups (broad SMARTS) is 1. The first kappa shape index (κ1) is 22.3. The summed E-state index contributed by atoms with van der Waals surface area (Å²) in [5.74, 6) is -1.00. The highest BCUT2D eigenvalue weighted by Gasteiger charge is 2.34. The van der Waals surface area contributed by atoms with E-state index in [1.807, 2.05) is 0 Å². The third-order valence-electron chi connectivity index (χ3n) is 4.02. The van der Waals surface area contributed by atoms with E-state index in [4.69, 9.17) is 9.52 Å². The number of nitrogens with zero attached hydrogens (tertiary/aromatic N) is 2. The number of thioether (sulfide) groups is 1. The van der Waals surface area contributed by atoms with Gasteiger partial charge in [0.05, 0.1) is 11.8 Å². The van der Waals surface area contributed by atoms with Gasteiger partial charge < -0.3 is 14.8 Å². The predicted molar refractivity (Wildman–Crippen MR) is 105 cm³/mol. The second-order valence-corrected chi connectivity index (χ2v) is 7.34. The number of alkyl halides is 3. The van der Waals surface area contributed by atoms with Crippen LogP contribution in [0.1, 0.15) is 28.0 Å². The molecule has 0 aliphatic carbocycles. The quantitative estimate of drug-likeness (QED) is 0.390. The summed E-state index contributed by atoms with van der Waals surface area (Å²) in [5.41, 5.74) is -0.230. The summed E-state index contributed by atoms with van der Waals surface area (Å²) in [7, 11) is 0. The van der Waals surface area contributed by atoms with E-state index in [0.29, 0.717) is 0 Å². The number of benzene rings is 1. The Kier molecular flexibility index (Phi) is 6.95. The maximum atomic E-state index is 13.1. The summed E-state index contributed by atoms with van der Waals surface area (Å²) in [6.07, 6.45) is -3.28. The molecule has 7 nitrogen and oxygen atoms in total. The number of carbonyl (C=O) groups excluding carboxylic acids is 1. The maximum Gasteiger partial charge on any atom is 0.433 e. The van der Waals surface area contributed by atoms with Crippen LogP contribution >= 0.6 is 11.8 Å². The van der Waals surface area contributed by atoms with Crippen molar-refractivity contribution in [2.24, 2.45) is 0 Å². The van der Waals surface area contributed by atoms with Crippen molar-refractivity contribution in [2.45, 2.75) is 24.3 Å². The van der Waals surface area contributed by atoms with E-state index in [0.717, 1.165) is 23.4 Å². The third kappa shape index (κ3) is 6.32. The number of nitrogens with one attached hydrogen (secondary N) is 1. The molecule has 0 aliphatic heterocycles. The van der Waals surface area contributed by atoms with Crippen molar-refractivity contribution in [3.05, 3.63) is 65.5 Å². The van der Waals surface area contributed by atoms with Gasteiger partial charge >= 0.3 is 12.1 Å². The van der Waals surface area contributed by atoms with Crippen molar-refractivity contribution in [2.75, 3.05) is 5.75 Å². The highest BCUT2D eigenvalue weighted by Crippen LogP contribution is 2.32. The molecule has 0 spiro atoms. The van der Waals surface area contributed by atoms with Crippen LogP contribution in [-0.2, 0) is 17.5 Å².